The first-order valence-corrected chi connectivity index (χ1v) is 25.5. The predicted octanol–water partition coefficient (Wildman–Crippen LogP) is 13.5. The summed E-state index contributed by atoms with van der Waals surface area (Å²) in [5.74, 6) is -44.6. The van der Waals surface area contributed by atoms with Crippen LogP contribution in [0.2, 0.25) is 0 Å². The largest absolute Gasteiger partial charge is 0.460 e. The molecular weight excluding hydrogens is 1060 g/mol. The Morgan fingerprint density at radius 3 is 1.18 bits per heavy atom. The standard InChI is InChI=1S/C27H32F9NO2.C14H17NO2.C11H9F9/c1-10-11(2)23(39)37(22(10)38)9-16-5-14-6-18(16)21(12(14)3)20-13(4)17-7-15(20)8-19(17)24(28,29)25(30,31)26(32,33)27(34,35)36;1-8-9(2)14(17)15(13(8)16)7-12-6-10-3-4-11(12)5-10;12-8(13,7-4-5-1-2-6(7)3-5)9(14,15)10(16,17)11(18,19)20/h12-21H,5-9H2,1-4H3;3-4,10-12H,5-7H2,1-2H3;1-2,5-7H,3-4H2. The molecule has 0 aromatic rings. The molecule has 0 aromatic heterocycles. The lowest BCUT2D eigenvalue weighted by molar-refractivity contribution is -0.405. The van der Waals surface area contributed by atoms with Gasteiger partial charge in [0.05, 0.1) is 0 Å². The van der Waals surface area contributed by atoms with Crippen molar-refractivity contribution in [1.82, 2.24) is 9.80 Å². The Labute approximate surface area is 426 Å². The van der Waals surface area contributed by atoms with Gasteiger partial charge in [0.15, 0.2) is 0 Å². The molecule has 24 heteroatoms. The Kier molecular flexibility index (Phi) is 14.4. The number of hydrogen-bond acceptors (Lipinski definition) is 4. The van der Waals surface area contributed by atoms with Crippen LogP contribution >= 0.6 is 0 Å². The number of nitrogens with zero attached hydrogens (tertiary/aromatic N) is 2. The van der Waals surface area contributed by atoms with Gasteiger partial charge in [0.25, 0.3) is 23.6 Å². The lowest BCUT2D eigenvalue weighted by Gasteiger charge is -2.47. The second-order valence-electron chi connectivity index (χ2n) is 23.4. The Bertz CT molecular complexity index is 2440. The Hall–Kier alpha value is -4.02. The van der Waals surface area contributed by atoms with Crippen molar-refractivity contribution in [2.75, 3.05) is 13.1 Å². The van der Waals surface area contributed by atoms with Crippen LogP contribution in [0.25, 0.3) is 0 Å². The normalized spacial score (nSPS) is 37.3. The Balaban J connectivity index is 0.000000171. The van der Waals surface area contributed by atoms with Crippen molar-refractivity contribution in [3.8, 4) is 0 Å². The molecule has 0 N–H and O–H groups in total. The second kappa shape index (κ2) is 18.8. The molecule has 0 aromatic carbocycles. The van der Waals surface area contributed by atoms with E-state index in [2.05, 4.69) is 19.1 Å². The first-order chi connectivity index (χ1) is 34.6. The van der Waals surface area contributed by atoms with Gasteiger partial charge in [-0.05, 0) is 162 Å². The molecule has 0 saturated heterocycles. The third-order valence-electron chi connectivity index (χ3n) is 19.7. The number of imide groups is 2. The van der Waals surface area contributed by atoms with Crippen molar-refractivity contribution < 1.29 is 98.2 Å². The summed E-state index contributed by atoms with van der Waals surface area (Å²) >= 11 is 0. The van der Waals surface area contributed by atoms with E-state index < -0.39 is 102 Å². The maximum absolute atomic E-state index is 14.9. The van der Waals surface area contributed by atoms with E-state index >= 15 is 0 Å². The molecule has 16 atom stereocenters. The van der Waals surface area contributed by atoms with Gasteiger partial charge < -0.3 is 0 Å². The number of carbonyl (C=O) groups is 4. The molecule has 2 aliphatic heterocycles. The summed E-state index contributed by atoms with van der Waals surface area (Å²) in [6.07, 6.45) is -3.28. The highest BCUT2D eigenvalue weighted by Crippen LogP contribution is 2.70. The average Bonchev–Trinajstić information content (AvgIpc) is 4.22. The molecule has 2 heterocycles. The zero-order valence-electron chi connectivity index (χ0n) is 41.9. The lowest BCUT2D eigenvalue weighted by Crippen LogP contribution is -2.64. The minimum Gasteiger partial charge on any atom is -0.275 e. The van der Waals surface area contributed by atoms with Gasteiger partial charge >= 0.3 is 47.9 Å². The number of halogens is 18. The van der Waals surface area contributed by atoms with Crippen LogP contribution in [0.4, 0.5) is 79.0 Å². The average molecular weight is 1120 g/mol. The fraction of sp³-hybridized carbons (Fsp3) is 0.769. The second-order valence-corrected chi connectivity index (χ2v) is 23.4. The zero-order valence-corrected chi connectivity index (χ0v) is 41.9. The van der Waals surface area contributed by atoms with E-state index in [1.54, 1.807) is 34.6 Å². The number of amides is 4. The molecule has 10 rings (SSSR count). The van der Waals surface area contributed by atoms with Crippen LogP contribution in [0.3, 0.4) is 0 Å². The van der Waals surface area contributed by atoms with Crippen molar-refractivity contribution >= 4 is 23.6 Å². The molecule has 4 amide bonds. The molecule has 8 bridgehead atoms. The van der Waals surface area contributed by atoms with Crippen LogP contribution in [0.5, 0.6) is 0 Å². The third kappa shape index (κ3) is 8.67. The van der Waals surface area contributed by atoms with E-state index in [0.29, 0.717) is 46.6 Å². The number of carbonyl (C=O) groups excluding carboxylic acids is 4. The van der Waals surface area contributed by atoms with Gasteiger partial charge in [-0.25, -0.2) is 0 Å². The van der Waals surface area contributed by atoms with Gasteiger partial charge in [0.1, 0.15) is 0 Å². The van der Waals surface area contributed by atoms with Crippen molar-refractivity contribution in [2.45, 2.75) is 141 Å². The molecule has 16 unspecified atom stereocenters. The molecule has 8 aliphatic carbocycles. The zero-order chi connectivity index (χ0) is 56.9. The Morgan fingerprint density at radius 1 is 0.408 bits per heavy atom. The predicted molar refractivity (Wildman–Crippen MR) is 234 cm³/mol. The van der Waals surface area contributed by atoms with Crippen molar-refractivity contribution in [2.24, 2.45) is 94.7 Å². The maximum Gasteiger partial charge on any atom is 0.460 e. The minimum absolute atomic E-state index is 0.00109. The molecule has 6 fully saturated rings. The monoisotopic (exact) mass is 1120 g/mol. The van der Waals surface area contributed by atoms with Crippen LogP contribution in [-0.2, 0) is 19.2 Å². The molecule has 426 valence electrons. The van der Waals surface area contributed by atoms with E-state index in [4.69, 9.17) is 0 Å². The fourth-order valence-electron chi connectivity index (χ4n) is 15.4. The molecule has 6 nitrogen and oxygen atoms in total. The van der Waals surface area contributed by atoms with Gasteiger partial charge in [0.2, 0.25) is 0 Å². The van der Waals surface area contributed by atoms with Crippen LogP contribution in [-0.4, -0.2) is 94.4 Å². The molecule has 0 spiro atoms. The quantitative estimate of drug-likeness (QED) is 0.117. The summed E-state index contributed by atoms with van der Waals surface area (Å²) in [7, 11) is 0. The summed E-state index contributed by atoms with van der Waals surface area (Å²) in [6.45, 7) is 11.2. The lowest BCUT2D eigenvalue weighted by atomic mass is 9.60. The molecule has 10 aliphatic rings. The molecule has 76 heavy (non-hydrogen) atoms. The van der Waals surface area contributed by atoms with Crippen LogP contribution in [0.15, 0.2) is 46.6 Å². The topological polar surface area (TPSA) is 74.8 Å². The van der Waals surface area contributed by atoms with Crippen molar-refractivity contribution in [3.05, 3.63) is 46.6 Å². The smallest absolute Gasteiger partial charge is 0.275 e. The molecule has 0 radical (unpaired) electrons. The number of alkyl halides is 18. The first kappa shape index (κ1) is 58.1. The van der Waals surface area contributed by atoms with Gasteiger partial charge in [0, 0.05) is 47.2 Å². The fourth-order valence-corrected chi connectivity index (χ4v) is 15.4. The van der Waals surface area contributed by atoms with Crippen LogP contribution in [0, 0.1) is 94.7 Å². The van der Waals surface area contributed by atoms with E-state index in [1.807, 2.05) is 0 Å². The van der Waals surface area contributed by atoms with E-state index in [0.717, 1.165) is 19.3 Å². The highest BCUT2D eigenvalue weighted by atomic mass is 19.4. The summed E-state index contributed by atoms with van der Waals surface area (Å²) in [5.41, 5.74) is 2.03. The van der Waals surface area contributed by atoms with Crippen molar-refractivity contribution in [3.63, 3.8) is 0 Å². The molecular formula is C52H58F18N2O4. The summed E-state index contributed by atoms with van der Waals surface area (Å²) in [4.78, 5) is 51.8. The van der Waals surface area contributed by atoms with Crippen molar-refractivity contribution in [1.29, 1.82) is 0 Å². The number of allylic oxidation sites excluding steroid dienone is 4. The Morgan fingerprint density at radius 2 is 0.816 bits per heavy atom. The van der Waals surface area contributed by atoms with E-state index in [1.165, 1.54) is 28.4 Å². The van der Waals surface area contributed by atoms with Crippen LogP contribution in [0.1, 0.15) is 92.9 Å². The highest BCUT2D eigenvalue weighted by Gasteiger charge is 2.85. The summed E-state index contributed by atoms with van der Waals surface area (Å²) < 4.78 is 238. The maximum atomic E-state index is 14.9. The highest BCUT2D eigenvalue weighted by molar-refractivity contribution is 6.19. The van der Waals surface area contributed by atoms with E-state index in [9.17, 15) is 98.2 Å². The summed E-state index contributed by atoms with van der Waals surface area (Å²) in [6, 6.07) is 0. The minimum atomic E-state index is -6.86. The van der Waals surface area contributed by atoms with E-state index in [-0.39, 0.29) is 78.5 Å². The van der Waals surface area contributed by atoms with Gasteiger partial charge in [-0.2, -0.15) is 79.0 Å². The first-order valence-electron chi connectivity index (χ1n) is 25.5. The number of hydrogen-bond donors (Lipinski definition) is 0. The van der Waals surface area contributed by atoms with Gasteiger partial charge in [-0.1, -0.05) is 38.2 Å². The number of rotatable bonds is 11. The van der Waals surface area contributed by atoms with Gasteiger partial charge in [-0.3, -0.25) is 29.0 Å². The molecule has 6 saturated carbocycles. The van der Waals surface area contributed by atoms with Gasteiger partial charge in [-0.15, -0.1) is 0 Å². The SMILES string of the molecule is CC1=C(C)C(=O)N(CC2CC3C=CC2C3)C1=O.CC1=C(C)C(=O)N(CC2CC3CC2C(C2C4CC(C2C)C(C(F)(F)C(F)(F)C(F)(F)C(F)(F)F)C4)C3C)C1=O.FC(F)(F)C(F)(F)C(F)(F)C(F)(F)C1CC2C=CC1C2. The van der Waals surface area contributed by atoms with Crippen LogP contribution < -0.4 is 0 Å². The third-order valence-corrected chi connectivity index (χ3v) is 19.7. The number of fused-ring (bicyclic) bond motifs is 8. The summed E-state index contributed by atoms with van der Waals surface area (Å²) in [5, 5.41) is 0.